The zero-order chi connectivity index (χ0) is 23.1. The zero-order valence-electron chi connectivity index (χ0n) is 18.6. The van der Waals surface area contributed by atoms with Crippen LogP contribution in [-0.4, -0.2) is 76.3 Å². The van der Waals surface area contributed by atoms with Gasteiger partial charge in [0.1, 0.15) is 5.75 Å². The molecule has 1 heterocycles. The van der Waals surface area contributed by atoms with E-state index in [0.29, 0.717) is 19.6 Å². The predicted octanol–water partition coefficient (Wildman–Crippen LogP) is 3.09. The van der Waals surface area contributed by atoms with Crippen LogP contribution in [0.15, 0.2) is 42.5 Å². The van der Waals surface area contributed by atoms with E-state index in [1.54, 1.807) is 19.2 Å². The number of nitrogens with zero attached hydrogens (tertiary/aromatic N) is 3. The normalized spacial score (nSPS) is 14.1. The maximum Gasteiger partial charge on any atom is 0.387 e. The molecular weight excluding hydrogens is 420 g/mol. The van der Waals surface area contributed by atoms with Crippen molar-refractivity contribution in [3.63, 3.8) is 0 Å². The summed E-state index contributed by atoms with van der Waals surface area (Å²) in [5, 5.41) is 0. The van der Waals surface area contributed by atoms with Gasteiger partial charge < -0.3 is 24.0 Å². The molecular formula is C23H29F2N3O4. The van der Waals surface area contributed by atoms with Gasteiger partial charge in [-0.15, -0.1) is 0 Å². The number of ether oxygens (including phenoxy) is 3. The first-order chi connectivity index (χ1) is 15.4. The second-order valence-corrected chi connectivity index (χ2v) is 7.60. The SMILES string of the molecule is COc1ccc(N2CCN(C(=O)CN(C)Cc3ccc(OC(F)F)c(OC)c3)CC2)cc1. The molecule has 3 rings (SSSR count). The summed E-state index contributed by atoms with van der Waals surface area (Å²) in [6, 6.07) is 12.7. The highest BCUT2D eigenvalue weighted by atomic mass is 19.3. The minimum atomic E-state index is -2.92. The van der Waals surface area contributed by atoms with Crippen molar-refractivity contribution in [2.75, 3.05) is 58.9 Å². The van der Waals surface area contributed by atoms with Crippen LogP contribution in [0.25, 0.3) is 0 Å². The molecule has 0 radical (unpaired) electrons. The van der Waals surface area contributed by atoms with Crippen molar-refractivity contribution in [2.45, 2.75) is 13.2 Å². The first-order valence-electron chi connectivity index (χ1n) is 10.4. The van der Waals surface area contributed by atoms with E-state index in [2.05, 4.69) is 9.64 Å². The first kappa shape index (κ1) is 23.6. The molecule has 0 aromatic heterocycles. The molecule has 1 aliphatic heterocycles. The summed E-state index contributed by atoms with van der Waals surface area (Å²) in [6.45, 7) is 0.677. The van der Waals surface area contributed by atoms with Crippen LogP contribution in [0.4, 0.5) is 14.5 Å². The Morgan fingerprint density at radius 2 is 1.69 bits per heavy atom. The lowest BCUT2D eigenvalue weighted by Crippen LogP contribution is -2.51. The largest absolute Gasteiger partial charge is 0.497 e. The van der Waals surface area contributed by atoms with E-state index in [1.165, 1.54) is 13.2 Å². The number of methoxy groups -OCH3 is 2. The van der Waals surface area contributed by atoms with Crippen molar-refractivity contribution in [2.24, 2.45) is 0 Å². The Kier molecular flexibility index (Phi) is 8.10. The molecule has 0 aliphatic carbocycles. The summed E-state index contributed by atoms with van der Waals surface area (Å²) in [7, 11) is 4.89. The lowest BCUT2D eigenvalue weighted by molar-refractivity contribution is -0.132. The molecule has 0 unspecified atom stereocenters. The first-order valence-corrected chi connectivity index (χ1v) is 10.4. The number of rotatable bonds is 9. The summed E-state index contributed by atoms with van der Waals surface area (Å²) in [6.07, 6.45) is 0. The third kappa shape index (κ3) is 6.23. The highest BCUT2D eigenvalue weighted by molar-refractivity contribution is 5.78. The van der Waals surface area contributed by atoms with Gasteiger partial charge >= 0.3 is 6.61 Å². The Morgan fingerprint density at radius 1 is 1.00 bits per heavy atom. The van der Waals surface area contributed by atoms with E-state index in [0.717, 1.165) is 30.1 Å². The Balaban J connectivity index is 1.49. The van der Waals surface area contributed by atoms with Crippen LogP contribution in [0, 0.1) is 0 Å². The second kappa shape index (κ2) is 11.0. The molecule has 1 aliphatic rings. The van der Waals surface area contributed by atoms with E-state index < -0.39 is 6.61 Å². The van der Waals surface area contributed by atoms with Crippen molar-refractivity contribution in [1.82, 2.24) is 9.80 Å². The smallest absolute Gasteiger partial charge is 0.387 e. The topological polar surface area (TPSA) is 54.5 Å². The lowest BCUT2D eigenvalue weighted by Gasteiger charge is -2.36. The average Bonchev–Trinajstić information content (AvgIpc) is 2.79. The molecule has 0 atom stereocenters. The monoisotopic (exact) mass is 449 g/mol. The number of hydrogen-bond donors (Lipinski definition) is 0. The van der Waals surface area contributed by atoms with Crippen molar-refractivity contribution < 1.29 is 27.8 Å². The molecule has 9 heteroatoms. The molecule has 7 nitrogen and oxygen atoms in total. The molecule has 2 aromatic rings. The van der Waals surface area contributed by atoms with Gasteiger partial charge in [-0.05, 0) is 49.0 Å². The summed E-state index contributed by atoms with van der Waals surface area (Å²) in [4.78, 5) is 18.8. The van der Waals surface area contributed by atoms with Crippen molar-refractivity contribution in [1.29, 1.82) is 0 Å². The van der Waals surface area contributed by atoms with Crippen molar-refractivity contribution in [3.05, 3.63) is 48.0 Å². The lowest BCUT2D eigenvalue weighted by atomic mass is 10.2. The predicted molar refractivity (Wildman–Crippen MR) is 118 cm³/mol. The number of carbonyl (C=O) groups excluding carboxylic acids is 1. The van der Waals surface area contributed by atoms with Gasteiger partial charge in [-0.25, -0.2) is 0 Å². The third-order valence-corrected chi connectivity index (χ3v) is 5.37. The molecule has 1 saturated heterocycles. The Labute approximate surface area is 187 Å². The third-order valence-electron chi connectivity index (χ3n) is 5.37. The molecule has 2 aromatic carbocycles. The van der Waals surface area contributed by atoms with Crippen LogP contribution >= 0.6 is 0 Å². The average molecular weight is 449 g/mol. The molecule has 1 fully saturated rings. The maximum absolute atomic E-state index is 12.7. The molecule has 1 amide bonds. The minimum absolute atomic E-state index is 0.0142. The zero-order valence-corrected chi connectivity index (χ0v) is 18.6. The minimum Gasteiger partial charge on any atom is -0.497 e. The van der Waals surface area contributed by atoms with Gasteiger partial charge in [-0.1, -0.05) is 6.07 Å². The number of amides is 1. The van der Waals surface area contributed by atoms with Gasteiger partial charge in [0.2, 0.25) is 5.91 Å². The fourth-order valence-electron chi connectivity index (χ4n) is 3.71. The second-order valence-electron chi connectivity index (χ2n) is 7.60. The van der Waals surface area contributed by atoms with E-state index in [1.807, 2.05) is 41.1 Å². The number of piperazine rings is 1. The quantitative estimate of drug-likeness (QED) is 0.587. The van der Waals surface area contributed by atoms with Gasteiger partial charge in [0, 0.05) is 38.4 Å². The molecule has 0 saturated carbocycles. The van der Waals surface area contributed by atoms with E-state index in [-0.39, 0.29) is 24.0 Å². The van der Waals surface area contributed by atoms with Gasteiger partial charge in [0.05, 0.1) is 20.8 Å². The van der Waals surface area contributed by atoms with Gasteiger partial charge in [-0.3, -0.25) is 9.69 Å². The van der Waals surface area contributed by atoms with Crippen LogP contribution in [0.5, 0.6) is 17.2 Å². The summed E-state index contributed by atoms with van der Waals surface area (Å²) in [5.41, 5.74) is 1.95. The van der Waals surface area contributed by atoms with Crippen LogP contribution in [0.2, 0.25) is 0 Å². The van der Waals surface area contributed by atoms with E-state index in [9.17, 15) is 13.6 Å². The standard InChI is InChI=1S/C23H29F2N3O4/c1-26(15-17-4-9-20(32-23(24)25)21(14-17)31-3)16-22(29)28-12-10-27(11-13-28)18-5-7-19(30-2)8-6-18/h4-9,14,23H,10-13,15-16H2,1-3H3. The molecule has 174 valence electrons. The van der Waals surface area contributed by atoms with E-state index >= 15 is 0 Å². The summed E-state index contributed by atoms with van der Waals surface area (Å²) < 4.78 is 39.8. The van der Waals surface area contributed by atoms with E-state index in [4.69, 9.17) is 9.47 Å². The number of anilines is 1. The number of alkyl halides is 2. The van der Waals surface area contributed by atoms with Gasteiger partial charge in [0.25, 0.3) is 0 Å². The number of halogens is 2. The van der Waals surface area contributed by atoms with Gasteiger partial charge in [0.15, 0.2) is 11.5 Å². The number of benzene rings is 2. The number of hydrogen-bond acceptors (Lipinski definition) is 6. The highest BCUT2D eigenvalue weighted by Crippen LogP contribution is 2.29. The van der Waals surface area contributed by atoms with Crippen LogP contribution in [0.3, 0.4) is 0 Å². The van der Waals surface area contributed by atoms with Crippen molar-refractivity contribution >= 4 is 11.6 Å². The fourth-order valence-corrected chi connectivity index (χ4v) is 3.71. The van der Waals surface area contributed by atoms with Crippen LogP contribution in [-0.2, 0) is 11.3 Å². The van der Waals surface area contributed by atoms with Crippen LogP contribution in [0.1, 0.15) is 5.56 Å². The Hall–Kier alpha value is -3.07. The summed E-state index contributed by atoms with van der Waals surface area (Å²) >= 11 is 0. The van der Waals surface area contributed by atoms with Gasteiger partial charge in [-0.2, -0.15) is 8.78 Å². The van der Waals surface area contributed by atoms with Crippen molar-refractivity contribution in [3.8, 4) is 17.2 Å². The molecule has 0 bridgehead atoms. The summed E-state index contributed by atoms with van der Waals surface area (Å²) in [5.74, 6) is 1.10. The Bertz CT molecular complexity index is 887. The number of carbonyl (C=O) groups is 1. The fraction of sp³-hybridized carbons (Fsp3) is 0.435. The molecule has 32 heavy (non-hydrogen) atoms. The highest BCUT2D eigenvalue weighted by Gasteiger charge is 2.22. The molecule has 0 N–H and O–H groups in total. The maximum atomic E-state index is 12.7. The Morgan fingerprint density at radius 3 is 2.28 bits per heavy atom. The molecule has 0 spiro atoms. The van der Waals surface area contributed by atoms with Crippen LogP contribution < -0.4 is 19.1 Å². The number of likely N-dealkylation sites (N-methyl/N-ethyl adjacent to an activating group) is 1.